The van der Waals surface area contributed by atoms with E-state index in [1.165, 1.54) is 12.1 Å². The van der Waals surface area contributed by atoms with Crippen molar-refractivity contribution in [1.82, 2.24) is 9.88 Å². The predicted molar refractivity (Wildman–Crippen MR) is 121 cm³/mol. The number of Topliss-reactive ketones (excluding diaryl/α,β-unsaturated/α-hetero) is 1. The van der Waals surface area contributed by atoms with Crippen LogP contribution in [-0.2, 0) is 4.74 Å². The van der Waals surface area contributed by atoms with Crippen LogP contribution in [0.15, 0.2) is 60.8 Å². The summed E-state index contributed by atoms with van der Waals surface area (Å²) in [5.41, 5.74) is 1.93. The maximum absolute atomic E-state index is 13.1. The molecule has 0 saturated carbocycles. The molecule has 1 fully saturated rings. The lowest BCUT2D eigenvalue weighted by Crippen LogP contribution is -2.37. The SMILES string of the molecule is O=C(Nc1cccc2cccnc12)OCCCN1CCC(C(=O)c2ccc(F)cc2)CC1. The summed E-state index contributed by atoms with van der Waals surface area (Å²) >= 11 is 0. The quantitative estimate of drug-likeness (QED) is 0.422. The summed E-state index contributed by atoms with van der Waals surface area (Å²) in [5, 5.41) is 3.71. The molecule has 0 aliphatic carbocycles. The summed E-state index contributed by atoms with van der Waals surface area (Å²) < 4.78 is 18.4. The minimum Gasteiger partial charge on any atom is -0.449 e. The highest BCUT2D eigenvalue weighted by Gasteiger charge is 2.25. The number of ketones is 1. The number of carbonyl (C=O) groups is 2. The van der Waals surface area contributed by atoms with Crippen LogP contribution in [0.3, 0.4) is 0 Å². The molecule has 4 rings (SSSR count). The molecule has 2 heterocycles. The van der Waals surface area contributed by atoms with Gasteiger partial charge in [-0.2, -0.15) is 0 Å². The number of piperidine rings is 1. The van der Waals surface area contributed by atoms with Crippen molar-refractivity contribution < 1.29 is 18.7 Å². The van der Waals surface area contributed by atoms with Gasteiger partial charge in [0.05, 0.1) is 17.8 Å². The van der Waals surface area contributed by atoms with Gasteiger partial charge in [0.2, 0.25) is 0 Å². The third kappa shape index (κ3) is 5.48. The zero-order chi connectivity index (χ0) is 22.3. The fourth-order valence-corrected chi connectivity index (χ4v) is 4.07. The van der Waals surface area contributed by atoms with Crippen molar-refractivity contribution in [3.63, 3.8) is 0 Å². The van der Waals surface area contributed by atoms with Gasteiger partial charge in [-0.15, -0.1) is 0 Å². The van der Waals surface area contributed by atoms with Crippen molar-refractivity contribution in [3.8, 4) is 0 Å². The van der Waals surface area contributed by atoms with E-state index in [1.54, 1.807) is 24.4 Å². The minimum absolute atomic E-state index is 0.0203. The Morgan fingerprint density at radius 3 is 2.59 bits per heavy atom. The summed E-state index contributed by atoms with van der Waals surface area (Å²) in [7, 11) is 0. The van der Waals surface area contributed by atoms with Crippen molar-refractivity contribution in [1.29, 1.82) is 0 Å². The molecule has 2 aromatic carbocycles. The van der Waals surface area contributed by atoms with E-state index in [4.69, 9.17) is 4.74 Å². The number of para-hydroxylation sites is 1. The van der Waals surface area contributed by atoms with Crippen LogP contribution >= 0.6 is 0 Å². The number of pyridine rings is 1. The molecular weight excluding hydrogens is 409 g/mol. The monoisotopic (exact) mass is 435 g/mol. The fourth-order valence-electron chi connectivity index (χ4n) is 4.07. The van der Waals surface area contributed by atoms with Gasteiger partial charge in [0, 0.05) is 29.6 Å². The van der Waals surface area contributed by atoms with E-state index in [1.807, 2.05) is 24.3 Å². The van der Waals surface area contributed by atoms with Crippen molar-refractivity contribution in [2.45, 2.75) is 19.3 Å². The molecule has 1 aliphatic heterocycles. The average molecular weight is 435 g/mol. The number of aromatic nitrogens is 1. The third-order valence-corrected chi connectivity index (χ3v) is 5.81. The Balaban J connectivity index is 1.16. The van der Waals surface area contributed by atoms with E-state index in [9.17, 15) is 14.0 Å². The number of rotatable bonds is 7. The number of carbonyl (C=O) groups excluding carboxylic acids is 2. The van der Waals surface area contributed by atoms with Crippen LogP contribution in [0.25, 0.3) is 10.9 Å². The van der Waals surface area contributed by atoms with E-state index in [0.29, 0.717) is 17.9 Å². The Labute approximate surface area is 186 Å². The maximum atomic E-state index is 13.1. The van der Waals surface area contributed by atoms with E-state index in [2.05, 4.69) is 15.2 Å². The van der Waals surface area contributed by atoms with E-state index < -0.39 is 6.09 Å². The molecule has 0 bridgehead atoms. The highest BCUT2D eigenvalue weighted by atomic mass is 19.1. The first-order chi connectivity index (χ1) is 15.6. The molecule has 1 amide bonds. The first-order valence-corrected chi connectivity index (χ1v) is 10.9. The van der Waals surface area contributed by atoms with Crippen LogP contribution < -0.4 is 5.32 Å². The Bertz CT molecular complexity index is 1070. The summed E-state index contributed by atoms with van der Waals surface area (Å²) in [4.78, 5) is 31.3. The summed E-state index contributed by atoms with van der Waals surface area (Å²) in [5.74, 6) is -0.262. The van der Waals surface area contributed by atoms with Crippen LogP contribution in [0.1, 0.15) is 29.6 Å². The van der Waals surface area contributed by atoms with Crippen molar-refractivity contribution in [3.05, 3.63) is 72.2 Å². The molecule has 0 radical (unpaired) electrons. The second-order valence-electron chi connectivity index (χ2n) is 7.98. The Morgan fingerprint density at radius 1 is 1.06 bits per heavy atom. The summed E-state index contributed by atoms with van der Waals surface area (Å²) in [6.45, 7) is 2.77. The first kappa shape index (κ1) is 21.9. The zero-order valence-electron chi connectivity index (χ0n) is 17.8. The molecule has 0 spiro atoms. The van der Waals surface area contributed by atoms with Crippen LogP contribution in [0.4, 0.5) is 14.9 Å². The number of anilines is 1. The predicted octanol–water partition coefficient (Wildman–Crippen LogP) is 4.91. The van der Waals surface area contributed by atoms with Gasteiger partial charge in [0.15, 0.2) is 5.78 Å². The first-order valence-electron chi connectivity index (χ1n) is 10.9. The van der Waals surface area contributed by atoms with E-state index in [-0.39, 0.29) is 17.5 Å². The summed E-state index contributed by atoms with van der Waals surface area (Å²) in [6.07, 6.45) is 3.48. The number of likely N-dealkylation sites (tertiary alicyclic amines) is 1. The lowest BCUT2D eigenvalue weighted by molar-refractivity contribution is 0.0830. The average Bonchev–Trinajstić information content (AvgIpc) is 2.82. The second kappa shape index (κ2) is 10.3. The Kier molecular flexibility index (Phi) is 7.07. The number of ether oxygens (including phenoxy) is 1. The fraction of sp³-hybridized carbons (Fsp3) is 0.320. The molecule has 1 N–H and O–H groups in total. The van der Waals surface area contributed by atoms with Gasteiger partial charge < -0.3 is 9.64 Å². The number of halogens is 1. The van der Waals surface area contributed by atoms with Gasteiger partial charge in [-0.25, -0.2) is 9.18 Å². The largest absolute Gasteiger partial charge is 0.449 e. The van der Waals surface area contributed by atoms with Crippen LogP contribution in [0.2, 0.25) is 0 Å². The van der Waals surface area contributed by atoms with Gasteiger partial charge in [-0.1, -0.05) is 18.2 Å². The van der Waals surface area contributed by atoms with Gasteiger partial charge in [-0.05, 0) is 68.8 Å². The number of hydrogen-bond donors (Lipinski definition) is 1. The number of nitrogens with one attached hydrogen (secondary N) is 1. The number of hydrogen-bond acceptors (Lipinski definition) is 5. The summed E-state index contributed by atoms with van der Waals surface area (Å²) in [6, 6.07) is 15.2. The molecule has 7 heteroatoms. The molecule has 0 unspecified atom stereocenters. The lowest BCUT2D eigenvalue weighted by Gasteiger charge is -2.31. The third-order valence-electron chi connectivity index (χ3n) is 5.81. The lowest BCUT2D eigenvalue weighted by atomic mass is 9.89. The zero-order valence-corrected chi connectivity index (χ0v) is 17.8. The van der Waals surface area contributed by atoms with Gasteiger partial charge in [0.1, 0.15) is 5.82 Å². The molecule has 6 nitrogen and oxygen atoms in total. The number of amides is 1. The van der Waals surface area contributed by atoms with E-state index in [0.717, 1.165) is 49.8 Å². The van der Waals surface area contributed by atoms with Crippen LogP contribution in [0, 0.1) is 11.7 Å². The smallest absolute Gasteiger partial charge is 0.411 e. The second-order valence-corrected chi connectivity index (χ2v) is 7.98. The van der Waals surface area contributed by atoms with Crippen LogP contribution in [0.5, 0.6) is 0 Å². The molecule has 3 aromatic rings. The maximum Gasteiger partial charge on any atom is 0.411 e. The highest BCUT2D eigenvalue weighted by molar-refractivity contribution is 5.98. The van der Waals surface area contributed by atoms with Crippen molar-refractivity contribution >= 4 is 28.5 Å². The van der Waals surface area contributed by atoms with Crippen LogP contribution in [-0.4, -0.2) is 48.0 Å². The standard InChI is InChI=1S/C25H26FN3O3/c26-21-9-7-19(8-10-21)24(30)20-11-15-29(16-12-20)14-3-17-32-25(31)28-22-6-1-4-18-5-2-13-27-23(18)22/h1-2,4-10,13,20H,3,11-12,14-17H2,(H,28,31). The number of fused-ring (bicyclic) bond motifs is 1. The van der Waals surface area contributed by atoms with Crippen molar-refractivity contribution in [2.24, 2.45) is 5.92 Å². The van der Waals surface area contributed by atoms with Gasteiger partial charge >= 0.3 is 6.09 Å². The molecule has 166 valence electrons. The molecule has 32 heavy (non-hydrogen) atoms. The highest BCUT2D eigenvalue weighted by Crippen LogP contribution is 2.23. The molecule has 1 saturated heterocycles. The molecular formula is C25H26FN3O3. The Hall–Kier alpha value is -3.32. The Morgan fingerprint density at radius 2 is 1.81 bits per heavy atom. The van der Waals surface area contributed by atoms with Gasteiger partial charge in [0.25, 0.3) is 0 Å². The number of nitrogens with zero attached hydrogens (tertiary/aromatic N) is 2. The van der Waals surface area contributed by atoms with Crippen molar-refractivity contribution in [2.75, 3.05) is 31.6 Å². The van der Waals surface area contributed by atoms with Gasteiger partial charge in [-0.3, -0.25) is 15.1 Å². The topological polar surface area (TPSA) is 71.5 Å². The van der Waals surface area contributed by atoms with E-state index >= 15 is 0 Å². The molecule has 1 aromatic heterocycles. The number of benzene rings is 2. The molecule has 0 atom stereocenters. The normalized spacial score (nSPS) is 14.9. The minimum atomic E-state index is -0.494. The molecule has 1 aliphatic rings.